The molecule has 0 spiro atoms. The maximum Gasteiger partial charge on any atom is 0.329 e. The van der Waals surface area contributed by atoms with Crippen LogP contribution in [0.15, 0.2) is 60.7 Å². The van der Waals surface area contributed by atoms with Gasteiger partial charge in [0.2, 0.25) is 5.91 Å². The third kappa shape index (κ3) is 5.25. The fraction of sp³-hybridized carbons (Fsp3) is 0.464. The molecule has 0 aromatic heterocycles. The Morgan fingerprint density at radius 3 is 2.11 bits per heavy atom. The van der Waals surface area contributed by atoms with E-state index in [0.717, 1.165) is 63.0 Å². The fourth-order valence-electron chi connectivity index (χ4n) is 5.54. The molecule has 1 unspecified atom stereocenters. The van der Waals surface area contributed by atoms with Crippen LogP contribution in [0.5, 0.6) is 0 Å². The number of benzene rings is 2. The number of hydrogen-bond acceptors (Lipinski definition) is 4. The van der Waals surface area contributed by atoms with Crippen molar-refractivity contribution in [2.24, 2.45) is 5.92 Å². The highest BCUT2D eigenvalue weighted by atomic mass is 16.2. The summed E-state index contributed by atoms with van der Waals surface area (Å²) in [5.74, 6) is 0.507. The summed E-state index contributed by atoms with van der Waals surface area (Å²) in [6.07, 6.45) is 4.70. The minimum Gasteiger partial charge on any atom is -0.343 e. The van der Waals surface area contributed by atoms with Crippen LogP contribution in [-0.4, -0.2) is 70.3 Å². The predicted molar refractivity (Wildman–Crippen MR) is 133 cm³/mol. The van der Waals surface area contributed by atoms with E-state index in [-0.39, 0.29) is 17.8 Å². The zero-order valence-corrected chi connectivity index (χ0v) is 20.2. The smallest absolute Gasteiger partial charge is 0.329 e. The van der Waals surface area contributed by atoms with Gasteiger partial charge < -0.3 is 9.80 Å². The minimum absolute atomic E-state index is 0.163. The van der Waals surface area contributed by atoms with Gasteiger partial charge in [-0.25, -0.2) is 9.69 Å². The van der Waals surface area contributed by atoms with Crippen molar-refractivity contribution < 1.29 is 14.4 Å². The number of likely N-dealkylation sites (tertiary alicyclic amines) is 2. The molecule has 4 amide bonds. The van der Waals surface area contributed by atoms with Crippen molar-refractivity contribution in [3.8, 4) is 0 Å². The second kappa shape index (κ2) is 10.6. The molecule has 3 fully saturated rings. The van der Waals surface area contributed by atoms with Crippen molar-refractivity contribution in [3.05, 3.63) is 71.8 Å². The first-order valence-corrected chi connectivity index (χ1v) is 12.8. The first-order chi connectivity index (χ1) is 17.1. The van der Waals surface area contributed by atoms with Gasteiger partial charge in [-0.2, -0.15) is 0 Å². The van der Waals surface area contributed by atoms with Gasteiger partial charge in [0.1, 0.15) is 6.04 Å². The third-order valence-electron chi connectivity index (χ3n) is 7.57. The zero-order chi connectivity index (χ0) is 24.2. The van der Waals surface area contributed by atoms with E-state index in [0.29, 0.717) is 25.6 Å². The van der Waals surface area contributed by atoms with Gasteiger partial charge in [0, 0.05) is 39.1 Å². The van der Waals surface area contributed by atoms with Gasteiger partial charge >= 0.3 is 6.03 Å². The molecule has 7 heteroatoms. The van der Waals surface area contributed by atoms with Crippen LogP contribution >= 0.6 is 0 Å². The first-order valence-electron chi connectivity index (χ1n) is 12.8. The average Bonchev–Trinajstić information content (AvgIpc) is 3.50. The number of imide groups is 1. The van der Waals surface area contributed by atoms with E-state index in [2.05, 4.69) is 4.90 Å². The fourth-order valence-corrected chi connectivity index (χ4v) is 5.54. The largest absolute Gasteiger partial charge is 0.343 e. The number of piperidine rings is 1. The number of carbonyl (C=O) groups excluding carboxylic acids is 3. The molecule has 3 heterocycles. The Balaban J connectivity index is 1.23. The van der Waals surface area contributed by atoms with E-state index in [9.17, 15) is 14.4 Å². The molecule has 2 aromatic rings. The van der Waals surface area contributed by atoms with Gasteiger partial charge in [-0.15, -0.1) is 0 Å². The molecular weight excluding hydrogens is 440 g/mol. The van der Waals surface area contributed by atoms with Gasteiger partial charge in [0.05, 0.1) is 6.67 Å². The zero-order valence-electron chi connectivity index (χ0n) is 20.2. The highest BCUT2D eigenvalue weighted by molar-refractivity contribution is 6.04. The van der Waals surface area contributed by atoms with Crippen LogP contribution < -0.4 is 0 Å². The molecular formula is C28H34N4O3. The van der Waals surface area contributed by atoms with E-state index in [4.69, 9.17) is 0 Å². The molecule has 3 aliphatic heterocycles. The molecule has 0 radical (unpaired) electrons. The Morgan fingerprint density at radius 1 is 0.829 bits per heavy atom. The Labute approximate surface area is 207 Å². The second-order valence-electron chi connectivity index (χ2n) is 9.97. The number of carbonyl (C=O) groups is 3. The Kier molecular flexibility index (Phi) is 7.13. The number of hydrogen-bond donors (Lipinski definition) is 0. The van der Waals surface area contributed by atoms with Crippen molar-refractivity contribution in [1.82, 2.24) is 19.6 Å². The standard InChI is InChI=1S/C28H34N4O3/c33-25(30-15-7-8-16-30)19-22-13-17-29(18-14-22)21-32-27(34)26(24-11-5-2-6-12-24)31(28(32)35)20-23-9-3-1-4-10-23/h1-6,9-12,22,26H,7-8,13-21H2. The molecule has 0 saturated carbocycles. The SMILES string of the molecule is O=C(CC1CCN(CN2C(=O)C(c3ccccc3)N(Cc3ccccc3)C2=O)CC1)N1CCCC1. The minimum atomic E-state index is -0.612. The predicted octanol–water partition coefficient (Wildman–Crippen LogP) is 3.87. The molecule has 7 nitrogen and oxygen atoms in total. The van der Waals surface area contributed by atoms with E-state index >= 15 is 0 Å². The topological polar surface area (TPSA) is 64.2 Å². The van der Waals surface area contributed by atoms with E-state index in [1.165, 1.54) is 4.90 Å². The number of rotatable bonds is 7. The van der Waals surface area contributed by atoms with Crippen molar-refractivity contribution in [2.75, 3.05) is 32.8 Å². The van der Waals surface area contributed by atoms with Crippen molar-refractivity contribution >= 4 is 17.8 Å². The van der Waals surface area contributed by atoms with Crippen LogP contribution in [-0.2, 0) is 16.1 Å². The maximum absolute atomic E-state index is 13.5. The maximum atomic E-state index is 13.5. The summed E-state index contributed by atoms with van der Waals surface area (Å²) in [5.41, 5.74) is 1.84. The molecule has 3 saturated heterocycles. The summed E-state index contributed by atoms with van der Waals surface area (Å²) in [7, 11) is 0. The Bertz CT molecular complexity index is 1030. The molecule has 5 rings (SSSR count). The normalized spacial score (nSPS) is 21.8. The quantitative estimate of drug-likeness (QED) is 0.572. The van der Waals surface area contributed by atoms with Crippen molar-refractivity contribution in [1.29, 1.82) is 0 Å². The highest BCUT2D eigenvalue weighted by Crippen LogP contribution is 2.33. The molecule has 0 bridgehead atoms. The summed E-state index contributed by atoms with van der Waals surface area (Å²) in [6.45, 7) is 4.09. The van der Waals surface area contributed by atoms with Gasteiger partial charge in [-0.3, -0.25) is 14.5 Å². The van der Waals surface area contributed by atoms with E-state index < -0.39 is 6.04 Å². The number of amides is 4. The molecule has 35 heavy (non-hydrogen) atoms. The van der Waals surface area contributed by atoms with Gasteiger partial charge in [0.15, 0.2) is 0 Å². The lowest BCUT2D eigenvalue weighted by Crippen LogP contribution is -2.45. The van der Waals surface area contributed by atoms with E-state index in [1.807, 2.05) is 65.6 Å². The molecule has 3 aliphatic rings. The van der Waals surface area contributed by atoms with Crippen LogP contribution in [0.2, 0.25) is 0 Å². The van der Waals surface area contributed by atoms with E-state index in [1.54, 1.807) is 4.90 Å². The lowest BCUT2D eigenvalue weighted by Gasteiger charge is -2.34. The van der Waals surface area contributed by atoms with Crippen LogP contribution in [0.25, 0.3) is 0 Å². The average molecular weight is 475 g/mol. The number of nitrogens with zero attached hydrogens (tertiary/aromatic N) is 4. The monoisotopic (exact) mass is 474 g/mol. The van der Waals surface area contributed by atoms with Crippen LogP contribution in [0.3, 0.4) is 0 Å². The molecule has 0 aliphatic carbocycles. The first kappa shape index (κ1) is 23.5. The molecule has 0 N–H and O–H groups in total. The van der Waals surface area contributed by atoms with Gasteiger partial charge in [-0.05, 0) is 42.7 Å². The van der Waals surface area contributed by atoms with Gasteiger partial charge in [-0.1, -0.05) is 60.7 Å². The number of urea groups is 1. The molecule has 2 aromatic carbocycles. The van der Waals surface area contributed by atoms with Crippen LogP contribution in [0, 0.1) is 5.92 Å². The lowest BCUT2D eigenvalue weighted by atomic mass is 9.93. The van der Waals surface area contributed by atoms with Crippen LogP contribution in [0.1, 0.15) is 49.3 Å². The summed E-state index contributed by atoms with van der Waals surface area (Å²) in [6, 6.07) is 18.5. The summed E-state index contributed by atoms with van der Waals surface area (Å²) in [5, 5.41) is 0. The summed E-state index contributed by atoms with van der Waals surface area (Å²) in [4.78, 5) is 46.8. The summed E-state index contributed by atoms with van der Waals surface area (Å²) < 4.78 is 0. The van der Waals surface area contributed by atoms with Crippen molar-refractivity contribution in [2.45, 2.75) is 44.7 Å². The molecule has 184 valence electrons. The Morgan fingerprint density at radius 2 is 1.46 bits per heavy atom. The summed E-state index contributed by atoms with van der Waals surface area (Å²) >= 11 is 0. The second-order valence-corrected chi connectivity index (χ2v) is 9.97. The molecule has 1 atom stereocenters. The lowest BCUT2D eigenvalue weighted by molar-refractivity contribution is -0.131. The van der Waals surface area contributed by atoms with Crippen molar-refractivity contribution in [3.63, 3.8) is 0 Å². The van der Waals surface area contributed by atoms with Crippen LogP contribution in [0.4, 0.5) is 4.79 Å². The Hall–Kier alpha value is -3.19. The highest BCUT2D eigenvalue weighted by Gasteiger charge is 2.46. The van der Waals surface area contributed by atoms with Gasteiger partial charge in [0.25, 0.3) is 5.91 Å². The third-order valence-corrected chi connectivity index (χ3v) is 7.57.